The Labute approximate surface area is 221 Å². The van der Waals surface area contributed by atoms with E-state index in [-0.39, 0.29) is 24.1 Å². The van der Waals surface area contributed by atoms with Gasteiger partial charge in [0.2, 0.25) is 5.91 Å². The Morgan fingerprint density at radius 2 is 1.76 bits per heavy atom. The van der Waals surface area contributed by atoms with Crippen LogP contribution in [-0.2, 0) is 33.1 Å². The lowest BCUT2D eigenvalue weighted by molar-refractivity contribution is -0.128. The summed E-state index contributed by atoms with van der Waals surface area (Å²) < 4.78 is 10.6. The average molecular weight is 524 g/mol. The zero-order valence-corrected chi connectivity index (χ0v) is 21.9. The molecule has 0 saturated carbocycles. The summed E-state index contributed by atoms with van der Waals surface area (Å²) in [6.07, 6.45) is 4.88. The normalized spacial score (nSPS) is 12.5. The summed E-state index contributed by atoms with van der Waals surface area (Å²) in [5.41, 5.74) is 1.67. The number of Topliss-reactive ketones (excluding diaryl/α,β-unsaturated/α-hetero) is 1. The van der Waals surface area contributed by atoms with Crippen LogP contribution in [-0.4, -0.2) is 40.6 Å². The summed E-state index contributed by atoms with van der Waals surface area (Å²) in [6, 6.07) is 15.2. The number of hydrogen-bond donors (Lipinski definition) is 2. The molecule has 0 fully saturated rings. The van der Waals surface area contributed by atoms with E-state index in [1.54, 1.807) is 36.9 Å². The van der Waals surface area contributed by atoms with E-state index in [9.17, 15) is 14.4 Å². The molecule has 37 heavy (non-hydrogen) atoms. The van der Waals surface area contributed by atoms with Crippen molar-refractivity contribution in [3.8, 4) is 0 Å². The van der Waals surface area contributed by atoms with Crippen molar-refractivity contribution in [3.63, 3.8) is 0 Å². The van der Waals surface area contributed by atoms with Gasteiger partial charge in [0.1, 0.15) is 18.4 Å². The van der Waals surface area contributed by atoms with Crippen molar-refractivity contribution in [1.29, 1.82) is 0 Å². The third kappa shape index (κ3) is 10.1. The molecular formula is C28H33N3O5S. The molecule has 2 unspecified atom stereocenters. The maximum atomic E-state index is 13.3. The minimum absolute atomic E-state index is 0.0394. The summed E-state index contributed by atoms with van der Waals surface area (Å²) in [5, 5.41) is 5.55. The number of aromatic nitrogens is 1. The van der Waals surface area contributed by atoms with Crippen LogP contribution in [0.2, 0.25) is 0 Å². The predicted octanol–water partition coefficient (Wildman–Crippen LogP) is 4.55. The number of nitrogens with one attached hydrogen (secondary N) is 2. The number of alkyl carbamates (subject to hydrolysis) is 1. The lowest BCUT2D eigenvalue weighted by atomic mass is 10.00. The first-order valence-corrected chi connectivity index (χ1v) is 13.4. The first-order chi connectivity index (χ1) is 17.9. The van der Waals surface area contributed by atoms with Crippen LogP contribution < -0.4 is 10.6 Å². The first kappa shape index (κ1) is 28.0. The Hall–Kier alpha value is -3.59. The van der Waals surface area contributed by atoms with E-state index >= 15 is 0 Å². The molecule has 0 bridgehead atoms. The highest BCUT2D eigenvalue weighted by molar-refractivity contribution is 7.99. The molecule has 0 saturated heterocycles. The van der Waals surface area contributed by atoms with Crippen molar-refractivity contribution >= 4 is 29.5 Å². The number of carbonyl (C=O) groups is 3. The molecule has 2 N–H and O–H groups in total. The van der Waals surface area contributed by atoms with Crippen LogP contribution in [0.3, 0.4) is 0 Å². The molecule has 2 atom stereocenters. The maximum absolute atomic E-state index is 13.3. The highest BCUT2D eigenvalue weighted by Gasteiger charge is 2.28. The van der Waals surface area contributed by atoms with Gasteiger partial charge in [0.25, 0.3) is 0 Å². The summed E-state index contributed by atoms with van der Waals surface area (Å²) in [7, 11) is 0. The molecule has 2 amide bonds. The summed E-state index contributed by atoms with van der Waals surface area (Å²) in [6.45, 7) is 3.96. The number of hydrogen-bond acceptors (Lipinski definition) is 7. The van der Waals surface area contributed by atoms with Crippen molar-refractivity contribution in [2.45, 2.75) is 51.1 Å². The Kier molecular flexibility index (Phi) is 11.2. The van der Waals surface area contributed by atoms with Gasteiger partial charge < -0.3 is 19.8 Å². The van der Waals surface area contributed by atoms with Crippen molar-refractivity contribution < 1.29 is 23.5 Å². The van der Waals surface area contributed by atoms with Crippen LogP contribution in [0.4, 0.5) is 4.79 Å². The van der Waals surface area contributed by atoms with Crippen molar-refractivity contribution in [2.75, 3.05) is 5.75 Å². The van der Waals surface area contributed by atoms with Gasteiger partial charge in [-0.1, -0.05) is 50.2 Å². The Morgan fingerprint density at radius 1 is 0.973 bits per heavy atom. The van der Waals surface area contributed by atoms with E-state index in [1.165, 1.54) is 11.8 Å². The SMILES string of the molecule is CC(C)CC(NC(=O)OCc1cccnc1)C(=O)NC(Cc1ccccc1)C(=O)CSCc1ccco1. The topological polar surface area (TPSA) is 111 Å². The van der Waals surface area contributed by atoms with E-state index in [0.29, 0.717) is 18.6 Å². The monoisotopic (exact) mass is 523 g/mol. The second kappa shape index (κ2) is 14.8. The number of thioether (sulfide) groups is 1. The first-order valence-electron chi connectivity index (χ1n) is 12.2. The molecule has 8 nitrogen and oxygen atoms in total. The minimum Gasteiger partial charge on any atom is -0.468 e. The van der Waals surface area contributed by atoms with Gasteiger partial charge >= 0.3 is 6.09 Å². The van der Waals surface area contributed by atoms with Crippen LogP contribution in [0.25, 0.3) is 0 Å². The molecule has 196 valence electrons. The van der Waals surface area contributed by atoms with Gasteiger partial charge in [-0.2, -0.15) is 0 Å². The van der Waals surface area contributed by atoms with Gasteiger partial charge in [0.15, 0.2) is 5.78 Å². The largest absolute Gasteiger partial charge is 0.468 e. The molecule has 0 aliphatic carbocycles. The molecule has 0 spiro atoms. The van der Waals surface area contributed by atoms with Gasteiger partial charge in [-0.25, -0.2) is 4.79 Å². The van der Waals surface area contributed by atoms with Crippen molar-refractivity contribution in [1.82, 2.24) is 15.6 Å². The molecule has 0 aliphatic heterocycles. The van der Waals surface area contributed by atoms with Gasteiger partial charge in [-0.3, -0.25) is 14.6 Å². The molecule has 9 heteroatoms. The van der Waals surface area contributed by atoms with Gasteiger partial charge in [-0.05, 0) is 42.5 Å². The third-order valence-electron chi connectivity index (χ3n) is 5.46. The predicted molar refractivity (Wildman–Crippen MR) is 143 cm³/mol. The summed E-state index contributed by atoms with van der Waals surface area (Å²) >= 11 is 1.43. The second-order valence-corrected chi connectivity index (χ2v) is 10.0. The van der Waals surface area contributed by atoms with Crippen LogP contribution in [0.15, 0.2) is 77.7 Å². The number of furan rings is 1. The molecule has 3 rings (SSSR count). The lowest BCUT2D eigenvalue weighted by Gasteiger charge is -2.24. The van der Waals surface area contributed by atoms with E-state index < -0.39 is 24.1 Å². The Bertz CT molecular complexity index is 1110. The average Bonchev–Trinajstić information content (AvgIpc) is 3.41. The fourth-order valence-corrected chi connectivity index (χ4v) is 4.50. The highest BCUT2D eigenvalue weighted by atomic mass is 32.2. The van der Waals surface area contributed by atoms with Crippen LogP contribution >= 0.6 is 11.8 Å². The van der Waals surface area contributed by atoms with Crippen LogP contribution in [0, 0.1) is 5.92 Å². The van der Waals surface area contributed by atoms with E-state index in [1.807, 2.05) is 50.2 Å². The van der Waals surface area contributed by atoms with Gasteiger partial charge in [-0.15, -0.1) is 11.8 Å². The number of pyridine rings is 1. The van der Waals surface area contributed by atoms with Crippen LogP contribution in [0.5, 0.6) is 0 Å². The van der Waals surface area contributed by atoms with E-state index in [0.717, 1.165) is 16.9 Å². The number of ether oxygens (including phenoxy) is 1. The highest BCUT2D eigenvalue weighted by Crippen LogP contribution is 2.15. The molecule has 1 aromatic carbocycles. The molecular weight excluding hydrogens is 490 g/mol. The Morgan fingerprint density at radius 3 is 2.43 bits per heavy atom. The fourth-order valence-electron chi connectivity index (χ4n) is 3.63. The standard InChI is InChI=1S/C28H33N3O5S/c1-20(2)14-25(31-28(34)36-17-22-10-6-12-29-16-22)27(33)30-24(15-21-8-4-3-5-9-21)26(32)19-37-18-23-11-7-13-35-23/h3-13,16,20,24-25H,14-15,17-19H2,1-2H3,(H,30,33)(H,31,34). The smallest absolute Gasteiger partial charge is 0.408 e. The molecule has 2 heterocycles. The van der Waals surface area contributed by atoms with Crippen LogP contribution in [0.1, 0.15) is 37.2 Å². The molecule has 2 aromatic heterocycles. The van der Waals surface area contributed by atoms with E-state index in [2.05, 4.69) is 15.6 Å². The third-order valence-corrected chi connectivity index (χ3v) is 6.44. The second-order valence-electron chi connectivity index (χ2n) is 9.05. The van der Waals surface area contributed by atoms with Crippen molar-refractivity contribution in [3.05, 3.63) is 90.1 Å². The molecule has 0 aliphatic rings. The van der Waals surface area contributed by atoms with Gasteiger partial charge in [0.05, 0.1) is 23.8 Å². The number of nitrogens with zero attached hydrogens (tertiary/aromatic N) is 1. The maximum Gasteiger partial charge on any atom is 0.408 e. The molecule has 3 aromatic rings. The number of benzene rings is 1. The summed E-state index contributed by atoms with van der Waals surface area (Å²) in [5.74, 6) is 1.17. The minimum atomic E-state index is -0.844. The number of ketones is 1. The molecule has 0 radical (unpaired) electrons. The summed E-state index contributed by atoms with van der Waals surface area (Å²) in [4.78, 5) is 42.9. The number of amides is 2. The number of rotatable bonds is 14. The lowest BCUT2D eigenvalue weighted by Crippen LogP contribution is -2.53. The Balaban J connectivity index is 1.63. The fraction of sp³-hybridized carbons (Fsp3) is 0.357. The van der Waals surface area contributed by atoms with Crippen molar-refractivity contribution in [2.24, 2.45) is 5.92 Å². The number of carbonyl (C=O) groups excluding carboxylic acids is 3. The quantitative estimate of drug-likeness (QED) is 0.319. The zero-order chi connectivity index (χ0) is 26.5. The van der Waals surface area contributed by atoms with E-state index in [4.69, 9.17) is 9.15 Å². The zero-order valence-electron chi connectivity index (χ0n) is 21.1. The van der Waals surface area contributed by atoms with Gasteiger partial charge in [0, 0.05) is 18.0 Å².